The monoisotopic (exact) mass is 382 g/mol. The van der Waals surface area contributed by atoms with Crippen LogP contribution >= 0.6 is 24.0 Å². The van der Waals surface area contributed by atoms with Gasteiger partial charge in [0.25, 0.3) is 5.91 Å². The molecule has 2 aromatic heterocycles. The minimum atomic E-state index is -0.214. The number of hydrogen-bond acceptors (Lipinski definition) is 6. The van der Waals surface area contributed by atoms with Crippen LogP contribution < -0.4 is 5.32 Å². The third-order valence-electron chi connectivity index (χ3n) is 4.18. The highest BCUT2D eigenvalue weighted by Gasteiger charge is 2.23. The van der Waals surface area contributed by atoms with Gasteiger partial charge in [-0.1, -0.05) is 42.2 Å². The van der Waals surface area contributed by atoms with Crippen molar-refractivity contribution >= 4 is 51.3 Å². The topological polar surface area (TPSA) is 75.4 Å². The first-order valence-corrected chi connectivity index (χ1v) is 9.11. The van der Waals surface area contributed by atoms with Crippen molar-refractivity contribution in [3.05, 3.63) is 58.5 Å². The van der Waals surface area contributed by atoms with Crippen LogP contribution in [0.4, 0.5) is 0 Å². The van der Waals surface area contributed by atoms with Crippen LogP contribution in [-0.2, 0) is 11.4 Å². The predicted octanol–water partition coefficient (Wildman–Crippen LogP) is 3.78. The lowest BCUT2D eigenvalue weighted by atomic mass is 10.0. The van der Waals surface area contributed by atoms with Gasteiger partial charge in [0.2, 0.25) is 0 Å². The van der Waals surface area contributed by atoms with E-state index in [9.17, 15) is 9.90 Å². The third-order valence-corrected chi connectivity index (χ3v) is 5.34. The molecule has 7 heteroatoms. The number of aromatic nitrogens is 1. The summed E-state index contributed by atoms with van der Waals surface area (Å²) in [6.07, 6.45) is 5.16. The molecule has 1 aromatic carbocycles. The second kappa shape index (κ2) is 6.68. The number of thioether (sulfide) groups is 1. The van der Waals surface area contributed by atoms with Gasteiger partial charge in [0.15, 0.2) is 0 Å². The standard InChI is InChI=1S/C19H14N2O3S2/c1-10-4-11(2-3-12(10)9-22)15-8-20-7-13-5-14(24-17(13)15)6-16-18(23)21-19(25)26-16/h2-8,22H,9H2,1H3,(H,21,23,25). The van der Waals surface area contributed by atoms with Gasteiger partial charge in [-0.05, 0) is 29.7 Å². The molecule has 1 saturated heterocycles. The number of nitrogens with zero attached hydrogens (tertiary/aromatic N) is 1. The van der Waals surface area contributed by atoms with Gasteiger partial charge in [0, 0.05) is 29.4 Å². The zero-order chi connectivity index (χ0) is 18.3. The average Bonchev–Trinajstić information content (AvgIpc) is 3.16. The maximum absolute atomic E-state index is 11.8. The van der Waals surface area contributed by atoms with E-state index in [4.69, 9.17) is 16.6 Å². The Balaban J connectivity index is 1.79. The number of fused-ring (bicyclic) bond motifs is 1. The number of thiocarbonyl (C=S) groups is 1. The van der Waals surface area contributed by atoms with Crippen molar-refractivity contribution < 1.29 is 14.3 Å². The van der Waals surface area contributed by atoms with Crippen LogP contribution in [0, 0.1) is 6.92 Å². The summed E-state index contributed by atoms with van der Waals surface area (Å²) < 4.78 is 6.44. The molecule has 130 valence electrons. The van der Waals surface area contributed by atoms with Crippen molar-refractivity contribution in [3.63, 3.8) is 0 Å². The van der Waals surface area contributed by atoms with Gasteiger partial charge in [0.1, 0.15) is 15.7 Å². The van der Waals surface area contributed by atoms with E-state index in [2.05, 4.69) is 10.3 Å². The number of furan rings is 1. The van der Waals surface area contributed by atoms with Gasteiger partial charge < -0.3 is 14.8 Å². The molecule has 1 aliphatic rings. The Hall–Kier alpha value is -2.48. The Morgan fingerprint density at radius 3 is 2.88 bits per heavy atom. The third kappa shape index (κ3) is 3.05. The van der Waals surface area contributed by atoms with Crippen molar-refractivity contribution in [2.75, 3.05) is 0 Å². The smallest absolute Gasteiger partial charge is 0.263 e. The number of pyridine rings is 1. The number of nitrogens with one attached hydrogen (secondary N) is 1. The molecule has 0 radical (unpaired) electrons. The largest absolute Gasteiger partial charge is 0.456 e. The van der Waals surface area contributed by atoms with Crippen molar-refractivity contribution in [1.29, 1.82) is 0 Å². The minimum absolute atomic E-state index is 0.00856. The van der Waals surface area contributed by atoms with Crippen LogP contribution in [0.25, 0.3) is 28.2 Å². The van der Waals surface area contributed by atoms with Crippen molar-refractivity contribution in [2.45, 2.75) is 13.5 Å². The fourth-order valence-electron chi connectivity index (χ4n) is 2.85. The van der Waals surface area contributed by atoms with E-state index >= 15 is 0 Å². The van der Waals surface area contributed by atoms with E-state index in [1.807, 2.05) is 31.2 Å². The van der Waals surface area contributed by atoms with Gasteiger partial charge in [-0.25, -0.2) is 0 Å². The van der Waals surface area contributed by atoms with Crippen LogP contribution in [0.3, 0.4) is 0 Å². The maximum atomic E-state index is 11.8. The molecule has 0 spiro atoms. The fraction of sp³-hybridized carbons (Fsp3) is 0.105. The molecule has 4 rings (SSSR count). The first kappa shape index (κ1) is 17.0. The van der Waals surface area contributed by atoms with E-state index < -0.39 is 0 Å². The fourth-order valence-corrected chi connectivity index (χ4v) is 3.87. The first-order valence-electron chi connectivity index (χ1n) is 7.88. The Kier molecular flexibility index (Phi) is 4.36. The summed E-state index contributed by atoms with van der Waals surface area (Å²) in [4.78, 5) is 16.6. The highest BCUT2D eigenvalue weighted by molar-refractivity contribution is 8.26. The summed E-state index contributed by atoms with van der Waals surface area (Å²) in [7, 11) is 0. The number of rotatable bonds is 3. The number of carbonyl (C=O) groups is 1. The average molecular weight is 382 g/mol. The molecule has 3 heterocycles. The van der Waals surface area contributed by atoms with Gasteiger partial charge in [-0.2, -0.15) is 0 Å². The number of aliphatic hydroxyl groups is 1. The van der Waals surface area contributed by atoms with Crippen LogP contribution in [0.5, 0.6) is 0 Å². The lowest BCUT2D eigenvalue weighted by molar-refractivity contribution is -0.115. The summed E-state index contributed by atoms with van der Waals surface area (Å²) in [6.45, 7) is 1.97. The molecule has 1 aliphatic heterocycles. The van der Waals surface area contributed by atoms with Crippen molar-refractivity contribution in [3.8, 4) is 11.1 Å². The number of hydrogen-bond donors (Lipinski definition) is 2. The quantitative estimate of drug-likeness (QED) is 0.530. The molecule has 0 saturated carbocycles. The number of carbonyl (C=O) groups excluding carboxylic acids is 1. The van der Waals surface area contributed by atoms with E-state index in [1.54, 1.807) is 18.5 Å². The van der Waals surface area contributed by atoms with E-state index in [0.717, 1.165) is 27.6 Å². The number of aryl methyl sites for hydroxylation is 1. The molecular formula is C19H14N2O3S2. The number of amides is 1. The van der Waals surface area contributed by atoms with E-state index in [-0.39, 0.29) is 12.5 Å². The Morgan fingerprint density at radius 1 is 1.35 bits per heavy atom. The minimum Gasteiger partial charge on any atom is -0.456 e. The number of benzene rings is 1. The van der Waals surface area contributed by atoms with Crippen molar-refractivity contribution in [2.24, 2.45) is 0 Å². The molecule has 5 nitrogen and oxygen atoms in total. The zero-order valence-corrected chi connectivity index (χ0v) is 15.4. The summed E-state index contributed by atoms with van der Waals surface area (Å²) in [5, 5.41) is 12.8. The van der Waals surface area contributed by atoms with E-state index in [0.29, 0.717) is 20.6 Å². The highest BCUT2D eigenvalue weighted by atomic mass is 32.2. The summed E-state index contributed by atoms with van der Waals surface area (Å²) in [5.41, 5.74) is 4.41. The second-order valence-electron chi connectivity index (χ2n) is 5.91. The molecule has 1 amide bonds. The Bertz CT molecular complexity index is 1090. The van der Waals surface area contributed by atoms with Gasteiger partial charge in [0.05, 0.1) is 11.5 Å². The molecule has 26 heavy (non-hydrogen) atoms. The lowest BCUT2D eigenvalue weighted by Gasteiger charge is -2.07. The molecule has 0 aliphatic carbocycles. The molecule has 2 N–H and O–H groups in total. The van der Waals surface area contributed by atoms with E-state index in [1.165, 1.54) is 11.8 Å². The molecular weight excluding hydrogens is 368 g/mol. The molecule has 0 bridgehead atoms. The summed E-state index contributed by atoms with van der Waals surface area (Å²) in [5.74, 6) is 0.356. The van der Waals surface area contributed by atoms with Gasteiger partial charge in [-0.3, -0.25) is 9.78 Å². The molecule has 0 unspecified atom stereocenters. The van der Waals surface area contributed by atoms with Crippen molar-refractivity contribution in [1.82, 2.24) is 10.3 Å². The summed E-state index contributed by atoms with van der Waals surface area (Å²) >= 11 is 6.22. The van der Waals surface area contributed by atoms with Crippen LogP contribution in [0.1, 0.15) is 16.9 Å². The first-order chi connectivity index (χ1) is 12.5. The predicted molar refractivity (Wildman–Crippen MR) is 106 cm³/mol. The lowest BCUT2D eigenvalue weighted by Crippen LogP contribution is -2.17. The molecule has 3 aromatic rings. The van der Waals surface area contributed by atoms with Gasteiger partial charge >= 0.3 is 0 Å². The molecule has 0 atom stereocenters. The Morgan fingerprint density at radius 2 is 2.19 bits per heavy atom. The normalized spacial score (nSPS) is 15.8. The van der Waals surface area contributed by atoms with Gasteiger partial charge in [-0.15, -0.1) is 0 Å². The highest BCUT2D eigenvalue weighted by Crippen LogP contribution is 2.33. The number of aliphatic hydroxyl groups excluding tert-OH is 1. The molecule has 1 fully saturated rings. The second-order valence-corrected chi connectivity index (χ2v) is 7.62. The van der Waals surface area contributed by atoms with Crippen LogP contribution in [-0.4, -0.2) is 20.3 Å². The summed E-state index contributed by atoms with van der Waals surface area (Å²) in [6, 6.07) is 7.69. The Labute approximate surface area is 159 Å². The van der Waals surface area contributed by atoms with Crippen LogP contribution in [0.2, 0.25) is 0 Å². The van der Waals surface area contributed by atoms with Crippen LogP contribution in [0.15, 0.2) is 46.0 Å². The SMILES string of the molecule is Cc1cc(-c2cncc3cc(C=C4SC(=S)NC4=O)oc23)ccc1CO. The zero-order valence-electron chi connectivity index (χ0n) is 13.8. The maximum Gasteiger partial charge on any atom is 0.263 e.